The van der Waals surface area contributed by atoms with Gasteiger partial charge in [0, 0.05) is 23.7 Å². The SMILES string of the molecule is CCC(=O)Oc1cc(Cl)c(Oc2ccc(N)cc2)c(Cl)c1CC. The summed E-state index contributed by atoms with van der Waals surface area (Å²) < 4.78 is 11.1. The lowest BCUT2D eigenvalue weighted by Gasteiger charge is -2.16. The molecule has 0 atom stereocenters. The zero-order chi connectivity index (χ0) is 17.0. The molecule has 0 saturated heterocycles. The Labute approximate surface area is 145 Å². The number of nitrogens with two attached hydrogens (primary N) is 1. The van der Waals surface area contributed by atoms with Crippen molar-refractivity contribution in [2.24, 2.45) is 0 Å². The Kier molecular flexibility index (Phi) is 5.74. The standard InChI is InChI=1S/C17H17Cl2NO3/c1-3-12-14(23-15(21)4-2)9-13(18)17(16(12)19)22-11-7-5-10(20)6-8-11/h5-9H,3-4,20H2,1-2H3. The van der Waals surface area contributed by atoms with Crippen molar-refractivity contribution in [2.75, 3.05) is 5.73 Å². The Morgan fingerprint density at radius 3 is 2.39 bits per heavy atom. The molecule has 6 heteroatoms. The molecule has 2 rings (SSSR count). The van der Waals surface area contributed by atoms with Gasteiger partial charge in [-0.15, -0.1) is 0 Å². The second kappa shape index (κ2) is 7.57. The number of hydrogen-bond donors (Lipinski definition) is 1. The van der Waals surface area contributed by atoms with Gasteiger partial charge in [0.25, 0.3) is 0 Å². The van der Waals surface area contributed by atoms with E-state index in [1.807, 2.05) is 6.92 Å². The van der Waals surface area contributed by atoms with Crippen LogP contribution in [-0.2, 0) is 11.2 Å². The first kappa shape index (κ1) is 17.4. The van der Waals surface area contributed by atoms with Gasteiger partial charge >= 0.3 is 5.97 Å². The number of carbonyl (C=O) groups excluding carboxylic acids is 1. The van der Waals surface area contributed by atoms with Crippen molar-refractivity contribution in [3.05, 3.63) is 45.9 Å². The van der Waals surface area contributed by atoms with E-state index in [0.29, 0.717) is 39.9 Å². The highest BCUT2D eigenvalue weighted by Crippen LogP contribution is 2.43. The summed E-state index contributed by atoms with van der Waals surface area (Å²) >= 11 is 12.6. The highest BCUT2D eigenvalue weighted by molar-refractivity contribution is 6.38. The molecule has 0 amide bonds. The van der Waals surface area contributed by atoms with E-state index in [9.17, 15) is 4.79 Å². The number of esters is 1. The Morgan fingerprint density at radius 2 is 1.83 bits per heavy atom. The van der Waals surface area contributed by atoms with Crippen LogP contribution in [-0.4, -0.2) is 5.97 Å². The molecule has 0 bridgehead atoms. The molecule has 0 aliphatic heterocycles. The molecular weight excluding hydrogens is 337 g/mol. The predicted molar refractivity (Wildman–Crippen MR) is 92.7 cm³/mol. The fourth-order valence-electron chi connectivity index (χ4n) is 1.98. The Hall–Kier alpha value is -1.91. The fourth-order valence-corrected chi connectivity index (χ4v) is 2.63. The lowest BCUT2D eigenvalue weighted by Crippen LogP contribution is -2.08. The minimum Gasteiger partial charge on any atom is -0.454 e. The van der Waals surface area contributed by atoms with Crippen LogP contribution in [0, 0.1) is 0 Å². The Bertz CT molecular complexity index is 715. The first-order valence-corrected chi connectivity index (χ1v) is 7.96. The summed E-state index contributed by atoms with van der Waals surface area (Å²) in [7, 11) is 0. The largest absolute Gasteiger partial charge is 0.454 e. The van der Waals surface area contributed by atoms with Gasteiger partial charge in [0.15, 0.2) is 5.75 Å². The second-order valence-corrected chi connectivity index (χ2v) is 5.62. The van der Waals surface area contributed by atoms with E-state index in [2.05, 4.69) is 0 Å². The minimum absolute atomic E-state index is 0.266. The minimum atomic E-state index is -0.348. The first-order valence-electron chi connectivity index (χ1n) is 7.21. The number of hydrogen-bond acceptors (Lipinski definition) is 4. The van der Waals surface area contributed by atoms with Crippen LogP contribution in [0.5, 0.6) is 17.2 Å². The zero-order valence-electron chi connectivity index (χ0n) is 12.9. The van der Waals surface area contributed by atoms with E-state index >= 15 is 0 Å². The molecule has 0 heterocycles. The first-order chi connectivity index (χ1) is 11.0. The van der Waals surface area contributed by atoms with Gasteiger partial charge in [0.05, 0.1) is 10.0 Å². The highest BCUT2D eigenvalue weighted by Gasteiger charge is 2.19. The van der Waals surface area contributed by atoms with E-state index in [-0.39, 0.29) is 17.4 Å². The smallest absolute Gasteiger partial charge is 0.310 e. The van der Waals surface area contributed by atoms with Crippen LogP contribution in [0.25, 0.3) is 0 Å². The lowest BCUT2D eigenvalue weighted by molar-refractivity contribution is -0.134. The highest BCUT2D eigenvalue weighted by atomic mass is 35.5. The molecule has 0 fully saturated rings. The lowest BCUT2D eigenvalue weighted by atomic mass is 10.1. The second-order valence-electron chi connectivity index (χ2n) is 4.83. The number of nitrogen functional groups attached to an aromatic ring is 1. The van der Waals surface area contributed by atoms with Crippen LogP contribution in [0.2, 0.25) is 10.0 Å². The van der Waals surface area contributed by atoms with Gasteiger partial charge in [0.2, 0.25) is 0 Å². The van der Waals surface area contributed by atoms with Crippen LogP contribution in [0.4, 0.5) is 5.69 Å². The normalized spacial score (nSPS) is 10.4. The maximum Gasteiger partial charge on any atom is 0.310 e. The van der Waals surface area contributed by atoms with Crippen molar-refractivity contribution < 1.29 is 14.3 Å². The van der Waals surface area contributed by atoms with Gasteiger partial charge in [-0.25, -0.2) is 0 Å². The molecule has 0 aromatic heterocycles. The van der Waals surface area contributed by atoms with Crippen molar-refractivity contribution in [2.45, 2.75) is 26.7 Å². The molecule has 2 aromatic rings. The van der Waals surface area contributed by atoms with E-state index in [0.717, 1.165) is 0 Å². The van der Waals surface area contributed by atoms with E-state index < -0.39 is 0 Å². The summed E-state index contributed by atoms with van der Waals surface area (Å²) in [5, 5.41) is 0.596. The van der Waals surface area contributed by atoms with Crippen molar-refractivity contribution in [1.29, 1.82) is 0 Å². The topological polar surface area (TPSA) is 61.5 Å². The third-order valence-electron chi connectivity index (χ3n) is 3.20. The van der Waals surface area contributed by atoms with Gasteiger partial charge in [-0.1, -0.05) is 37.0 Å². The molecule has 0 saturated carbocycles. The van der Waals surface area contributed by atoms with Crippen LogP contribution < -0.4 is 15.2 Å². The average Bonchev–Trinajstić information content (AvgIpc) is 2.53. The van der Waals surface area contributed by atoms with Crippen molar-refractivity contribution in [1.82, 2.24) is 0 Å². The Morgan fingerprint density at radius 1 is 1.17 bits per heavy atom. The molecule has 0 aliphatic rings. The van der Waals surface area contributed by atoms with Crippen LogP contribution >= 0.6 is 23.2 Å². The summed E-state index contributed by atoms with van der Waals surface area (Å²) in [5.74, 6) is 0.896. The Balaban J connectivity index is 2.40. The number of anilines is 1. The maximum absolute atomic E-state index is 11.5. The third-order valence-corrected chi connectivity index (χ3v) is 3.88. The monoisotopic (exact) mass is 353 g/mol. The molecule has 2 aromatic carbocycles. The summed E-state index contributed by atoms with van der Waals surface area (Å²) in [6, 6.07) is 8.42. The van der Waals surface area contributed by atoms with Crippen molar-refractivity contribution >= 4 is 34.9 Å². The number of rotatable bonds is 5. The molecular formula is C17H17Cl2NO3. The zero-order valence-corrected chi connectivity index (χ0v) is 14.4. The quantitative estimate of drug-likeness (QED) is 0.453. The van der Waals surface area contributed by atoms with Gasteiger partial charge in [0.1, 0.15) is 11.5 Å². The number of carbonyl (C=O) groups is 1. The number of ether oxygens (including phenoxy) is 2. The number of benzene rings is 2. The summed E-state index contributed by atoms with van der Waals surface area (Å²) in [4.78, 5) is 11.5. The van der Waals surface area contributed by atoms with E-state index in [1.165, 1.54) is 0 Å². The van der Waals surface area contributed by atoms with Crippen LogP contribution in [0.3, 0.4) is 0 Å². The van der Waals surface area contributed by atoms with Crippen molar-refractivity contribution in [3.63, 3.8) is 0 Å². The summed E-state index contributed by atoms with van der Waals surface area (Å²) in [6.45, 7) is 3.63. The average molecular weight is 354 g/mol. The number of halogens is 2. The van der Waals surface area contributed by atoms with Crippen LogP contribution in [0.1, 0.15) is 25.8 Å². The fraction of sp³-hybridized carbons (Fsp3) is 0.235. The van der Waals surface area contributed by atoms with Crippen LogP contribution in [0.15, 0.2) is 30.3 Å². The summed E-state index contributed by atoms with van der Waals surface area (Å²) in [5.41, 5.74) is 6.95. The predicted octanol–water partition coefficient (Wildman–Crippen LogP) is 5.25. The van der Waals surface area contributed by atoms with E-state index in [1.54, 1.807) is 37.3 Å². The molecule has 4 nitrogen and oxygen atoms in total. The molecule has 0 unspecified atom stereocenters. The van der Waals surface area contributed by atoms with E-state index in [4.69, 9.17) is 38.4 Å². The molecule has 122 valence electrons. The van der Waals surface area contributed by atoms with Gasteiger partial charge in [-0.2, -0.15) is 0 Å². The van der Waals surface area contributed by atoms with Gasteiger partial charge in [-0.05, 0) is 30.7 Å². The van der Waals surface area contributed by atoms with Gasteiger partial charge in [-0.3, -0.25) is 4.79 Å². The molecule has 0 spiro atoms. The van der Waals surface area contributed by atoms with Gasteiger partial charge < -0.3 is 15.2 Å². The summed E-state index contributed by atoms with van der Waals surface area (Å²) in [6.07, 6.45) is 0.836. The molecule has 2 N–H and O–H groups in total. The molecule has 23 heavy (non-hydrogen) atoms. The molecule has 0 radical (unpaired) electrons. The molecule has 0 aliphatic carbocycles. The third kappa shape index (κ3) is 4.09. The maximum atomic E-state index is 11.5. The van der Waals surface area contributed by atoms with Crippen molar-refractivity contribution in [3.8, 4) is 17.2 Å².